The molecule has 4 heteroatoms. The molecule has 0 aromatic heterocycles. The molecule has 1 saturated heterocycles. The van der Waals surface area contributed by atoms with Crippen molar-refractivity contribution < 1.29 is 9.53 Å². The van der Waals surface area contributed by atoms with Crippen molar-refractivity contribution in [1.29, 1.82) is 0 Å². The van der Waals surface area contributed by atoms with Gasteiger partial charge in [-0.15, -0.1) is 0 Å². The van der Waals surface area contributed by atoms with Crippen LogP contribution in [0, 0.1) is 0 Å². The van der Waals surface area contributed by atoms with Gasteiger partial charge in [0.1, 0.15) is 17.6 Å². The first-order valence-corrected chi connectivity index (χ1v) is 6.52. The maximum Gasteiger partial charge on any atom is 0.150 e. The maximum atomic E-state index is 10.7. The van der Waals surface area contributed by atoms with E-state index >= 15 is 0 Å². The van der Waals surface area contributed by atoms with Crippen molar-refractivity contribution in [3.8, 4) is 5.75 Å². The average molecular weight is 268 g/mol. The van der Waals surface area contributed by atoms with Crippen LogP contribution < -0.4 is 4.74 Å². The summed E-state index contributed by atoms with van der Waals surface area (Å²) in [4.78, 5) is 12.9. The lowest BCUT2D eigenvalue weighted by atomic mass is 9.95. The molecular weight excluding hydrogens is 250 g/mol. The Morgan fingerprint density at radius 2 is 2.28 bits per heavy atom. The molecular formula is C14H18ClNO2. The lowest BCUT2D eigenvalue weighted by molar-refractivity contribution is 0.0156. The van der Waals surface area contributed by atoms with E-state index in [4.69, 9.17) is 16.3 Å². The Hall–Kier alpha value is -1.06. The molecule has 0 spiro atoms. The Bertz CT molecular complexity index is 449. The zero-order chi connectivity index (χ0) is 13.2. The van der Waals surface area contributed by atoms with Crippen molar-refractivity contribution in [3.05, 3.63) is 28.8 Å². The molecule has 1 aromatic carbocycles. The van der Waals surface area contributed by atoms with Crippen molar-refractivity contribution in [1.82, 2.24) is 4.90 Å². The summed E-state index contributed by atoms with van der Waals surface area (Å²) in [5, 5.41) is 0.494. The molecule has 1 aliphatic rings. The van der Waals surface area contributed by atoms with Gasteiger partial charge in [0.15, 0.2) is 0 Å². The molecule has 98 valence electrons. The Kier molecular flexibility index (Phi) is 3.93. The summed E-state index contributed by atoms with van der Waals surface area (Å²) < 4.78 is 6.05. The molecule has 1 atom stereocenters. The lowest BCUT2D eigenvalue weighted by Crippen LogP contribution is -2.48. The standard InChI is InChI=1S/C14H18ClNO2/c1-14(6-3-7-16(2)10-14)18-13-5-4-11(9-17)8-12(13)15/h4-5,8-9H,3,6-7,10H2,1-2H3. The van der Waals surface area contributed by atoms with Crippen LogP contribution in [0.15, 0.2) is 18.2 Å². The highest BCUT2D eigenvalue weighted by Crippen LogP contribution is 2.32. The number of likely N-dealkylation sites (tertiary alicyclic amines) is 1. The van der Waals surface area contributed by atoms with E-state index in [9.17, 15) is 4.79 Å². The van der Waals surface area contributed by atoms with E-state index in [1.165, 1.54) is 0 Å². The van der Waals surface area contributed by atoms with Gasteiger partial charge in [0, 0.05) is 12.1 Å². The average Bonchev–Trinajstić information content (AvgIpc) is 2.31. The van der Waals surface area contributed by atoms with E-state index in [1.54, 1.807) is 18.2 Å². The monoisotopic (exact) mass is 267 g/mol. The molecule has 1 heterocycles. The van der Waals surface area contributed by atoms with Gasteiger partial charge in [0.2, 0.25) is 0 Å². The van der Waals surface area contributed by atoms with E-state index in [0.29, 0.717) is 16.3 Å². The van der Waals surface area contributed by atoms with Crippen LogP contribution in [0.5, 0.6) is 5.75 Å². The summed E-state index contributed by atoms with van der Waals surface area (Å²) in [6, 6.07) is 5.13. The topological polar surface area (TPSA) is 29.5 Å². The summed E-state index contributed by atoms with van der Waals surface area (Å²) in [5.74, 6) is 0.653. The van der Waals surface area contributed by atoms with Crippen LogP contribution in [0.1, 0.15) is 30.1 Å². The van der Waals surface area contributed by atoms with E-state index < -0.39 is 0 Å². The van der Waals surface area contributed by atoms with Crippen LogP contribution in [0.2, 0.25) is 5.02 Å². The third kappa shape index (κ3) is 3.03. The van der Waals surface area contributed by atoms with Crippen LogP contribution in [-0.4, -0.2) is 36.9 Å². The molecule has 1 aromatic rings. The van der Waals surface area contributed by atoms with E-state index in [1.807, 2.05) is 0 Å². The number of ether oxygens (including phenoxy) is 1. The highest BCUT2D eigenvalue weighted by molar-refractivity contribution is 6.32. The Labute approximate surface area is 113 Å². The van der Waals surface area contributed by atoms with Gasteiger partial charge in [0.25, 0.3) is 0 Å². The Morgan fingerprint density at radius 3 is 2.89 bits per heavy atom. The van der Waals surface area contributed by atoms with Crippen LogP contribution in [0.4, 0.5) is 0 Å². The summed E-state index contributed by atoms with van der Waals surface area (Å²) in [5.41, 5.74) is 0.359. The molecule has 1 aliphatic heterocycles. The van der Waals surface area contributed by atoms with E-state index in [-0.39, 0.29) is 5.60 Å². The minimum Gasteiger partial charge on any atom is -0.485 e. The number of carbonyl (C=O) groups is 1. The van der Waals surface area contributed by atoms with Crippen molar-refractivity contribution >= 4 is 17.9 Å². The molecule has 0 aliphatic carbocycles. The summed E-state index contributed by atoms with van der Waals surface area (Å²) >= 11 is 6.13. The SMILES string of the molecule is CN1CCCC(C)(Oc2ccc(C=O)cc2Cl)C1. The third-order valence-electron chi connectivity index (χ3n) is 3.30. The lowest BCUT2D eigenvalue weighted by Gasteiger charge is -2.39. The number of carbonyl (C=O) groups excluding carboxylic acids is 1. The fourth-order valence-electron chi connectivity index (χ4n) is 2.47. The van der Waals surface area contributed by atoms with Crippen molar-refractivity contribution in [2.45, 2.75) is 25.4 Å². The van der Waals surface area contributed by atoms with Crippen LogP contribution in [-0.2, 0) is 0 Å². The number of likely N-dealkylation sites (N-methyl/N-ethyl adjacent to an activating group) is 1. The molecule has 1 fully saturated rings. The Morgan fingerprint density at radius 1 is 1.50 bits per heavy atom. The van der Waals surface area contributed by atoms with Crippen LogP contribution >= 0.6 is 11.6 Å². The number of halogens is 1. The molecule has 3 nitrogen and oxygen atoms in total. The van der Waals surface area contributed by atoms with Crippen LogP contribution in [0.25, 0.3) is 0 Å². The first kappa shape index (κ1) is 13.4. The first-order valence-electron chi connectivity index (χ1n) is 6.15. The Balaban J connectivity index is 2.15. The molecule has 2 rings (SSSR count). The first-order chi connectivity index (χ1) is 8.52. The van der Waals surface area contributed by atoms with Gasteiger partial charge < -0.3 is 9.64 Å². The van der Waals surface area contributed by atoms with Gasteiger partial charge in [-0.1, -0.05) is 11.6 Å². The second-order valence-corrected chi connectivity index (χ2v) is 5.61. The number of benzene rings is 1. The third-order valence-corrected chi connectivity index (χ3v) is 3.59. The van der Waals surface area contributed by atoms with Gasteiger partial charge in [0.05, 0.1) is 5.02 Å². The second-order valence-electron chi connectivity index (χ2n) is 5.20. The predicted molar refractivity (Wildman–Crippen MR) is 72.6 cm³/mol. The number of hydrogen-bond donors (Lipinski definition) is 0. The normalized spacial score (nSPS) is 24.8. The minimum absolute atomic E-state index is 0.209. The number of piperidine rings is 1. The molecule has 0 amide bonds. The van der Waals surface area contributed by atoms with E-state index in [2.05, 4.69) is 18.9 Å². The van der Waals surface area contributed by atoms with Crippen LogP contribution in [0.3, 0.4) is 0 Å². The van der Waals surface area contributed by atoms with Gasteiger partial charge in [-0.2, -0.15) is 0 Å². The van der Waals surface area contributed by atoms with Gasteiger partial charge in [-0.25, -0.2) is 0 Å². The number of rotatable bonds is 3. The molecule has 0 saturated carbocycles. The highest BCUT2D eigenvalue weighted by atomic mass is 35.5. The molecule has 18 heavy (non-hydrogen) atoms. The van der Waals surface area contributed by atoms with E-state index in [0.717, 1.165) is 32.2 Å². The smallest absolute Gasteiger partial charge is 0.150 e. The summed E-state index contributed by atoms with van der Waals surface area (Å²) in [6.45, 7) is 4.10. The molecule has 0 N–H and O–H groups in total. The van der Waals surface area contributed by atoms with Crippen molar-refractivity contribution in [2.75, 3.05) is 20.1 Å². The quantitative estimate of drug-likeness (QED) is 0.789. The van der Waals surface area contributed by atoms with Gasteiger partial charge in [-0.05, 0) is 51.6 Å². The van der Waals surface area contributed by atoms with Crippen molar-refractivity contribution in [3.63, 3.8) is 0 Å². The fourth-order valence-corrected chi connectivity index (χ4v) is 2.70. The summed E-state index contributed by atoms with van der Waals surface area (Å²) in [6.07, 6.45) is 2.92. The van der Waals surface area contributed by atoms with Gasteiger partial charge in [-0.3, -0.25) is 4.79 Å². The predicted octanol–water partition coefficient (Wildman–Crippen LogP) is 3.02. The highest BCUT2D eigenvalue weighted by Gasteiger charge is 2.32. The number of aldehydes is 1. The molecule has 0 radical (unpaired) electrons. The largest absolute Gasteiger partial charge is 0.485 e. The number of nitrogens with zero attached hydrogens (tertiary/aromatic N) is 1. The van der Waals surface area contributed by atoms with Crippen molar-refractivity contribution in [2.24, 2.45) is 0 Å². The summed E-state index contributed by atoms with van der Waals surface area (Å²) in [7, 11) is 2.10. The number of hydrogen-bond acceptors (Lipinski definition) is 3. The van der Waals surface area contributed by atoms with Gasteiger partial charge >= 0.3 is 0 Å². The fraction of sp³-hybridized carbons (Fsp3) is 0.500. The molecule has 1 unspecified atom stereocenters. The maximum absolute atomic E-state index is 10.7. The molecule has 0 bridgehead atoms. The zero-order valence-corrected chi connectivity index (χ0v) is 11.5. The zero-order valence-electron chi connectivity index (χ0n) is 10.8. The minimum atomic E-state index is -0.209. The second kappa shape index (κ2) is 5.29.